The molecule has 7 aromatic carbocycles. The summed E-state index contributed by atoms with van der Waals surface area (Å²) in [6.45, 7) is 6.71. The average molecular weight is 776 g/mol. The van der Waals surface area contributed by atoms with Gasteiger partial charge in [-0.3, -0.25) is 0 Å². The third-order valence-electron chi connectivity index (χ3n) is 14.9. The Labute approximate surface area is 353 Å². The van der Waals surface area contributed by atoms with E-state index in [0.717, 1.165) is 40.4 Å². The Morgan fingerprint density at radius 2 is 0.900 bits per heavy atom. The van der Waals surface area contributed by atoms with Gasteiger partial charge in [-0.15, -0.1) is 0 Å². The van der Waals surface area contributed by atoms with Crippen molar-refractivity contribution in [3.05, 3.63) is 174 Å². The van der Waals surface area contributed by atoms with Crippen LogP contribution in [0, 0.1) is 23.7 Å². The third-order valence-corrected chi connectivity index (χ3v) is 14.9. The first kappa shape index (κ1) is 35.7. The number of rotatable bonds is 5. The fourth-order valence-corrected chi connectivity index (χ4v) is 12.3. The molecule has 8 aromatic rings. The zero-order chi connectivity index (χ0) is 40.2. The van der Waals surface area contributed by atoms with Crippen LogP contribution in [0.3, 0.4) is 0 Å². The highest BCUT2D eigenvalue weighted by molar-refractivity contribution is 5.97. The summed E-state index contributed by atoms with van der Waals surface area (Å²) in [5.74, 6) is 5.40. The molecule has 4 saturated carbocycles. The van der Waals surface area contributed by atoms with E-state index in [1.807, 2.05) is 18.2 Å². The molecule has 0 radical (unpaired) electrons. The molecule has 0 aliphatic heterocycles. The topological polar surface area (TPSA) is 38.7 Å². The number of hydrogen-bond donors (Lipinski definition) is 0. The maximum atomic E-state index is 5.06. The lowest BCUT2D eigenvalue weighted by Crippen LogP contribution is -2.55. The maximum Gasteiger partial charge on any atom is 0.164 e. The van der Waals surface area contributed by atoms with Crippen molar-refractivity contribution in [3.63, 3.8) is 0 Å². The van der Waals surface area contributed by atoms with Crippen LogP contribution < -0.4 is 0 Å². The van der Waals surface area contributed by atoms with E-state index in [1.54, 1.807) is 11.1 Å². The first-order valence-corrected chi connectivity index (χ1v) is 22.1. The molecule has 4 bridgehead atoms. The number of aromatic nitrogens is 3. The molecule has 0 N–H and O–H groups in total. The molecule has 3 heteroatoms. The van der Waals surface area contributed by atoms with Crippen LogP contribution in [-0.2, 0) is 10.8 Å². The Hall–Kier alpha value is -6.19. The van der Waals surface area contributed by atoms with E-state index in [-0.39, 0.29) is 10.8 Å². The quantitative estimate of drug-likeness (QED) is 0.175. The van der Waals surface area contributed by atoms with Gasteiger partial charge in [-0.25, -0.2) is 15.0 Å². The molecule has 60 heavy (non-hydrogen) atoms. The fourth-order valence-electron chi connectivity index (χ4n) is 12.3. The predicted octanol–water partition coefficient (Wildman–Crippen LogP) is 14.4. The highest BCUT2D eigenvalue weighted by Gasteiger charge is 2.61. The van der Waals surface area contributed by atoms with Gasteiger partial charge in [0, 0.05) is 22.1 Å². The van der Waals surface area contributed by atoms with Gasteiger partial charge in [-0.1, -0.05) is 160 Å². The average Bonchev–Trinajstić information content (AvgIpc) is 3.56. The molecular weight excluding hydrogens is 727 g/mol. The molecule has 13 rings (SSSR count). The van der Waals surface area contributed by atoms with Crippen molar-refractivity contribution in [3.8, 4) is 67.5 Å². The molecule has 1 spiro atoms. The van der Waals surface area contributed by atoms with Crippen molar-refractivity contribution in [1.82, 2.24) is 15.0 Å². The van der Waals surface area contributed by atoms with Crippen LogP contribution in [-0.4, -0.2) is 15.0 Å². The molecule has 292 valence electrons. The molecule has 0 amide bonds. The second kappa shape index (κ2) is 13.4. The van der Waals surface area contributed by atoms with E-state index in [1.165, 1.54) is 81.8 Å². The highest BCUT2D eigenvalue weighted by atomic mass is 15.0. The third kappa shape index (κ3) is 5.58. The van der Waals surface area contributed by atoms with Crippen LogP contribution in [0.4, 0.5) is 0 Å². The van der Waals surface area contributed by atoms with Gasteiger partial charge >= 0.3 is 0 Å². The van der Waals surface area contributed by atoms with E-state index in [0.29, 0.717) is 17.5 Å². The van der Waals surface area contributed by atoms with E-state index in [4.69, 9.17) is 15.0 Å². The molecule has 0 saturated heterocycles. The van der Waals surface area contributed by atoms with Crippen LogP contribution >= 0.6 is 0 Å². The van der Waals surface area contributed by atoms with Crippen molar-refractivity contribution in [1.29, 1.82) is 0 Å². The first-order valence-electron chi connectivity index (χ1n) is 22.1. The van der Waals surface area contributed by atoms with Crippen molar-refractivity contribution in [2.75, 3.05) is 0 Å². The lowest BCUT2D eigenvalue weighted by Gasteiger charge is -2.61. The lowest BCUT2D eigenvalue weighted by molar-refractivity contribution is -0.0399. The summed E-state index contributed by atoms with van der Waals surface area (Å²) in [6.07, 6.45) is 7.08. The maximum absolute atomic E-state index is 5.06. The van der Waals surface area contributed by atoms with Gasteiger partial charge in [0.05, 0.1) is 0 Å². The highest BCUT2D eigenvalue weighted by Crippen LogP contribution is 2.69. The summed E-state index contributed by atoms with van der Waals surface area (Å²) in [5, 5.41) is 2.68. The number of hydrogen-bond acceptors (Lipinski definition) is 3. The van der Waals surface area contributed by atoms with E-state index in [9.17, 15) is 0 Å². The van der Waals surface area contributed by atoms with Gasteiger partial charge in [-0.05, 0) is 140 Å². The van der Waals surface area contributed by atoms with Gasteiger partial charge in [0.2, 0.25) is 0 Å². The molecule has 3 nitrogen and oxygen atoms in total. The minimum atomic E-state index is 0.0668. The van der Waals surface area contributed by atoms with Crippen molar-refractivity contribution in [2.45, 2.75) is 63.7 Å². The smallest absolute Gasteiger partial charge is 0.164 e. The predicted molar refractivity (Wildman–Crippen MR) is 246 cm³/mol. The van der Waals surface area contributed by atoms with E-state index < -0.39 is 0 Å². The molecular formula is C57H49N3. The summed E-state index contributed by atoms with van der Waals surface area (Å²) in [4.78, 5) is 15.1. The van der Waals surface area contributed by atoms with Crippen LogP contribution in [0.1, 0.15) is 69.6 Å². The molecule has 4 fully saturated rings. The Morgan fingerprint density at radius 1 is 0.400 bits per heavy atom. The van der Waals surface area contributed by atoms with Gasteiger partial charge in [0.25, 0.3) is 0 Å². The number of fused-ring (bicyclic) bond motifs is 4. The van der Waals surface area contributed by atoms with E-state index in [2.05, 4.69) is 160 Å². The second-order valence-electron chi connectivity index (χ2n) is 19.3. The molecule has 1 heterocycles. The van der Waals surface area contributed by atoms with E-state index >= 15 is 0 Å². The molecule has 0 atom stereocenters. The van der Waals surface area contributed by atoms with Crippen LogP contribution in [0.25, 0.3) is 78.3 Å². The SMILES string of the molecule is CC(C)(C)c1ccc(-c2nc(-c3ccccc3)nc(-c3ccc(-c4ccccc4-c4ccc5cc6c(cc5c4)C4(c5ccccc5-6)C5CC6CC(C5)CC4C6)cc3)n2)cc1. The number of benzene rings is 7. The Bertz CT molecular complexity index is 2930. The molecule has 1 aromatic heterocycles. The standard InChI is InChI=1S/C57H49N3/c1-56(2,3)44-25-23-40(24-26-44)55-59-53(38-11-5-4-6-12-38)58-54(60-55)39-19-17-37(18-20-39)47-13-7-8-14-48(47)42-22-21-41-33-50-49-15-9-10-16-51(49)57(52(50)34-43(41)32-42)45-28-35-27-36(30-45)31-46(57)29-35/h4-26,32-36,45-46H,27-31H2,1-3H3. The number of nitrogens with zero attached hydrogens (tertiary/aromatic N) is 3. The largest absolute Gasteiger partial charge is 0.208 e. The van der Waals surface area contributed by atoms with Crippen LogP contribution in [0.2, 0.25) is 0 Å². The molecule has 0 unspecified atom stereocenters. The zero-order valence-corrected chi connectivity index (χ0v) is 34.7. The van der Waals surface area contributed by atoms with Crippen molar-refractivity contribution >= 4 is 10.8 Å². The normalized spacial score (nSPS) is 22.3. The summed E-state index contributed by atoms with van der Waals surface area (Å²) < 4.78 is 0. The minimum absolute atomic E-state index is 0.0668. The van der Waals surface area contributed by atoms with Gasteiger partial charge in [0.15, 0.2) is 17.5 Å². The molecule has 5 aliphatic carbocycles. The summed E-state index contributed by atoms with van der Waals surface area (Å²) in [7, 11) is 0. The fraction of sp³-hybridized carbons (Fsp3) is 0.246. The zero-order valence-electron chi connectivity index (χ0n) is 34.7. The molecule has 5 aliphatic rings. The first-order chi connectivity index (χ1) is 29.3. The summed E-state index contributed by atoms with van der Waals surface area (Å²) in [5.41, 5.74) is 15.5. The van der Waals surface area contributed by atoms with Crippen molar-refractivity contribution < 1.29 is 0 Å². The van der Waals surface area contributed by atoms with Gasteiger partial charge in [0.1, 0.15) is 0 Å². The van der Waals surface area contributed by atoms with Gasteiger partial charge in [-0.2, -0.15) is 0 Å². The Balaban J connectivity index is 0.914. The summed E-state index contributed by atoms with van der Waals surface area (Å²) in [6, 6.07) is 58.2. The van der Waals surface area contributed by atoms with Gasteiger partial charge < -0.3 is 0 Å². The van der Waals surface area contributed by atoms with Crippen LogP contribution in [0.5, 0.6) is 0 Å². The minimum Gasteiger partial charge on any atom is -0.208 e. The van der Waals surface area contributed by atoms with Crippen molar-refractivity contribution in [2.24, 2.45) is 23.7 Å². The Morgan fingerprint density at radius 3 is 1.52 bits per heavy atom. The lowest BCUT2D eigenvalue weighted by atomic mass is 9.43. The summed E-state index contributed by atoms with van der Waals surface area (Å²) >= 11 is 0. The monoisotopic (exact) mass is 775 g/mol. The van der Waals surface area contributed by atoms with Crippen LogP contribution in [0.15, 0.2) is 158 Å². The Kier molecular flexibility index (Phi) is 7.99. The second-order valence-corrected chi connectivity index (χ2v) is 19.3.